The molecule has 35 heavy (non-hydrogen) atoms. The third-order valence-electron chi connectivity index (χ3n) is 5.93. The Morgan fingerprint density at radius 3 is 2.03 bits per heavy atom. The third-order valence-corrected chi connectivity index (χ3v) is 6.10. The molecule has 166 valence electrons. The van der Waals surface area contributed by atoms with Gasteiger partial charge in [-0.2, -0.15) is 9.97 Å². The number of nitrogens with zero attached hydrogens (tertiary/aromatic N) is 4. The van der Waals surface area contributed by atoms with Crippen molar-refractivity contribution in [3.05, 3.63) is 121 Å². The van der Waals surface area contributed by atoms with Crippen LogP contribution in [0.4, 0.5) is 0 Å². The molecule has 0 N–H and O–H groups in total. The number of benzene rings is 4. The summed E-state index contributed by atoms with van der Waals surface area (Å²) in [4.78, 5) is 18.0. The first-order valence-electron chi connectivity index (χ1n) is 11.3. The fourth-order valence-electron chi connectivity index (χ4n) is 4.23. The normalized spacial score (nSPS) is 11.0. The van der Waals surface area contributed by atoms with Gasteiger partial charge in [-0.25, -0.2) is 4.98 Å². The third kappa shape index (κ3) is 4.27. The molecule has 0 aliphatic heterocycles. The molecule has 6 aromatic rings. The molecule has 0 aliphatic carbocycles. The van der Waals surface area contributed by atoms with Crippen LogP contribution in [0, 0.1) is 0 Å². The van der Waals surface area contributed by atoms with Gasteiger partial charge in [0.2, 0.25) is 5.28 Å². The number of rotatable bonds is 4. The first-order chi connectivity index (χ1) is 17.2. The van der Waals surface area contributed by atoms with E-state index in [1.165, 1.54) is 10.8 Å². The lowest BCUT2D eigenvalue weighted by molar-refractivity contribution is 1.07. The van der Waals surface area contributed by atoms with E-state index in [1.54, 1.807) is 6.20 Å². The van der Waals surface area contributed by atoms with Crippen LogP contribution in [-0.4, -0.2) is 19.9 Å². The Morgan fingerprint density at radius 1 is 0.514 bits per heavy atom. The van der Waals surface area contributed by atoms with Crippen molar-refractivity contribution in [2.75, 3.05) is 0 Å². The van der Waals surface area contributed by atoms with Crippen molar-refractivity contribution in [1.82, 2.24) is 19.9 Å². The summed E-state index contributed by atoms with van der Waals surface area (Å²) in [5.41, 5.74) is 5.94. The summed E-state index contributed by atoms with van der Waals surface area (Å²) in [6.07, 6.45) is 1.79. The largest absolute Gasteiger partial charge is 0.256 e. The monoisotopic (exact) mass is 470 g/mol. The van der Waals surface area contributed by atoms with E-state index in [0.29, 0.717) is 11.6 Å². The summed E-state index contributed by atoms with van der Waals surface area (Å²) in [6, 6.07) is 36.8. The van der Waals surface area contributed by atoms with Crippen LogP contribution in [0.5, 0.6) is 0 Å². The predicted molar refractivity (Wildman–Crippen MR) is 142 cm³/mol. The molecule has 0 unspecified atom stereocenters. The fourth-order valence-corrected chi connectivity index (χ4v) is 4.39. The van der Waals surface area contributed by atoms with E-state index in [1.807, 2.05) is 54.6 Å². The Balaban J connectivity index is 1.38. The van der Waals surface area contributed by atoms with Crippen molar-refractivity contribution in [3.63, 3.8) is 0 Å². The van der Waals surface area contributed by atoms with Gasteiger partial charge < -0.3 is 0 Å². The Morgan fingerprint density at radius 2 is 1.20 bits per heavy atom. The van der Waals surface area contributed by atoms with Crippen LogP contribution in [0.3, 0.4) is 0 Å². The summed E-state index contributed by atoms with van der Waals surface area (Å²) in [6.45, 7) is 0. The smallest absolute Gasteiger partial charge is 0.226 e. The molecule has 0 saturated heterocycles. The second-order valence-corrected chi connectivity index (χ2v) is 8.49. The zero-order chi connectivity index (χ0) is 23.6. The summed E-state index contributed by atoms with van der Waals surface area (Å²) in [5.74, 6) is 1.07. The predicted octanol–water partition coefficient (Wildman–Crippen LogP) is 7.74. The van der Waals surface area contributed by atoms with Gasteiger partial charge in [0.25, 0.3) is 0 Å². The fraction of sp³-hybridized carbons (Fsp3) is 0. The molecular weight excluding hydrogens is 452 g/mol. The van der Waals surface area contributed by atoms with E-state index in [-0.39, 0.29) is 5.28 Å². The maximum absolute atomic E-state index is 6.34. The molecule has 5 heteroatoms. The van der Waals surface area contributed by atoms with E-state index in [4.69, 9.17) is 16.6 Å². The maximum Gasteiger partial charge on any atom is 0.226 e. The van der Waals surface area contributed by atoms with Gasteiger partial charge >= 0.3 is 0 Å². The maximum atomic E-state index is 6.34. The number of pyridine rings is 1. The number of aromatic nitrogens is 4. The van der Waals surface area contributed by atoms with Gasteiger partial charge in [0.15, 0.2) is 11.6 Å². The average Bonchev–Trinajstić information content (AvgIpc) is 2.93. The van der Waals surface area contributed by atoms with Crippen molar-refractivity contribution < 1.29 is 0 Å². The molecule has 0 fully saturated rings. The Kier molecular flexibility index (Phi) is 5.49. The van der Waals surface area contributed by atoms with Gasteiger partial charge in [-0.1, -0.05) is 91.0 Å². The van der Waals surface area contributed by atoms with E-state index < -0.39 is 0 Å². The molecule has 0 amide bonds. The number of fused-ring (bicyclic) bond motifs is 1. The van der Waals surface area contributed by atoms with E-state index in [0.717, 1.165) is 33.5 Å². The lowest BCUT2D eigenvalue weighted by Crippen LogP contribution is -1.97. The molecular formula is C30H19ClN4. The zero-order valence-corrected chi connectivity index (χ0v) is 19.4. The van der Waals surface area contributed by atoms with E-state index in [9.17, 15) is 0 Å². The van der Waals surface area contributed by atoms with Crippen LogP contribution >= 0.6 is 11.6 Å². The first kappa shape index (κ1) is 21.1. The van der Waals surface area contributed by atoms with Crippen molar-refractivity contribution in [2.24, 2.45) is 0 Å². The molecule has 4 nitrogen and oxygen atoms in total. The topological polar surface area (TPSA) is 51.6 Å². The molecule has 0 spiro atoms. The Labute approximate surface area is 208 Å². The standard InChI is InChI=1S/C30H19ClN4/c31-30-34-28(22-16-14-21(15-17-22)27-13-3-4-18-32-27)33-29(35-30)24-10-5-9-23(19-24)26-12-6-8-20-7-1-2-11-25(20)26/h1-19H. The summed E-state index contributed by atoms with van der Waals surface area (Å²) < 4.78 is 0. The first-order valence-corrected chi connectivity index (χ1v) is 11.6. The molecule has 0 radical (unpaired) electrons. The minimum absolute atomic E-state index is 0.161. The minimum atomic E-state index is 0.161. The van der Waals surface area contributed by atoms with Gasteiger partial charge in [0, 0.05) is 22.9 Å². The van der Waals surface area contributed by atoms with Crippen LogP contribution < -0.4 is 0 Å². The van der Waals surface area contributed by atoms with Crippen LogP contribution in [0.2, 0.25) is 5.28 Å². The van der Waals surface area contributed by atoms with Crippen LogP contribution in [-0.2, 0) is 0 Å². The molecule has 2 aromatic heterocycles. The summed E-state index contributed by atoms with van der Waals surface area (Å²) in [5, 5.41) is 2.57. The summed E-state index contributed by atoms with van der Waals surface area (Å²) >= 11 is 6.34. The molecule has 0 saturated carbocycles. The molecule has 0 atom stereocenters. The molecule has 4 aromatic carbocycles. The Bertz CT molecular complexity index is 1640. The van der Waals surface area contributed by atoms with Gasteiger partial charge in [0.05, 0.1) is 5.69 Å². The quantitative estimate of drug-likeness (QED) is 0.264. The highest BCUT2D eigenvalue weighted by Crippen LogP contribution is 2.31. The lowest BCUT2D eigenvalue weighted by Gasteiger charge is -2.10. The van der Waals surface area contributed by atoms with Gasteiger partial charge in [-0.15, -0.1) is 0 Å². The molecule has 2 heterocycles. The van der Waals surface area contributed by atoms with Gasteiger partial charge in [-0.3, -0.25) is 4.98 Å². The average molecular weight is 471 g/mol. The number of hydrogen-bond donors (Lipinski definition) is 0. The lowest BCUT2D eigenvalue weighted by atomic mass is 9.97. The van der Waals surface area contributed by atoms with Gasteiger partial charge in [0.1, 0.15) is 0 Å². The van der Waals surface area contributed by atoms with Crippen LogP contribution in [0.25, 0.3) is 55.9 Å². The number of halogens is 1. The highest BCUT2D eigenvalue weighted by Gasteiger charge is 2.12. The number of hydrogen-bond acceptors (Lipinski definition) is 4. The van der Waals surface area contributed by atoms with Gasteiger partial charge in [-0.05, 0) is 51.7 Å². The highest BCUT2D eigenvalue weighted by atomic mass is 35.5. The van der Waals surface area contributed by atoms with Crippen molar-refractivity contribution in [3.8, 4) is 45.2 Å². The second-order valence-electron chi connectivity index (χ2n) is 8.15. The second kappa shape index (κ2) is 9.09. The Hall–Kier alpha value is -4.41. The van der Waals surface area contributed by atoms with E-state index in [2.05, 4.69) is 69.5 Å². The van der Waals surface area contributed by atoms with Crippen molar-refractivity contribution >= 4 is 22.4 Å². The molecule has 0 bridgehead atoms. The zero-order valence-electron chi connectivity index (χ0n) is 18.6. The summed E-state index contributed by atoms with van der Waals surface area (Å²) in [7, 11) is 0. The van der Waals surface area contributed by atoms with E-state index >= 15 is 0 Å². The van der Waals surface area contributed by atoms with Crippen LogP contribution in [0.1, 0.15) is 0 Å². The minimum Gasteiger partial charge on any atom is -0.256 e. The SMILES string of the molecule is Clc1nc(-c2ccc(-c3ccccn3)cc2)nc(-c2cccc(-c3cccc4ccccc34)c2)n1. The van der Waals surface area contributed by atoms with Crippen molar-refractivity contribution in [2.45, 2.75) is 0 Å². The van der Waals surface area contributed by atoms with Crippen molar-refractivity contribution in [1.29, 1.82) is 0 Å². The van der Waals surface area contributed by atoms with Crippen LogP contribution in [0.15, 0.2) is 115 Å². The molecule has 6 rings (SSSR count). The highest BCUT2D eigenvalue weighted by molar-refractivity contribution is 6.28. The molecule has 0 aliphatic rings.